The minimum absolute atomic E-state index is 0.222. The summed E-state index contributed by atoms with van der Waals surface area (Å²) in [6.45, 7) is 4.00. The Morgan fingerprint density at radius 2 is 2.00 bits per heavy atom. The van der Waals surface area contributed by atoms with Gasteiger partial charge in [0.25, 0.3) is 5.69 Å². The van der Waals surface area contributed by atoms with Crippen LogP contribution < -0.4 is 0 Å². The van der Waals surface area contributed by atoms with Crippen LogP contribution in [0.2, 0.25) is 0 Å². The highest BCUT2D eigenvalue weighted by atomic mass is 19.1. The van der Waals surface area contributed by atoms with Crippen LogP contribution >= 0.6 is 0 Å². The quantitative estimate of drug-likeness (QED) is 0.481. The molecular formula is C8H10FNO2. The van der Waals surface area contributed by atoms with Crippen LogP contribution in [0.25, 0.3) is 0 Å². The van der Waals surface area contributed by atoms with Crippen molar-refractivity contribution in [1.82, 2.24) is 0 Å². The van der Waals surface area contributed by atoms with Crippen LogP contribution in [0.4, 0.5) is 10.1 Å². The summed E-state index contributed by atoms with van der Waals surface area (Å²) in [5, 5.41) is 9.99. The standard InChI is InChI=1S/C6H4FNO2.C2H6/c7-5-2-1-3-6(4-5)8(9)10;1-2/h1-4H;1-2H3. The molecule has 4 heteroatoms. The highest BCUT2D eigenvalue weighted by molar-refractivity contribution is 5.29. The van der Waals surface area contributed by atoms with Gasteiger partial charge < -0.3 is 0 Å². The zero-order valence-electron chi connectivity index (χ0n) is 6.95. The Balaban J connectivity index is 0.000000561. The molecule has 1 rings (SSSR count). The Labute approximate surface area is 70.0 Å². The maximum atomic E-state index is 12.2. The van der Waals surface area contributed by atoms with E-state index in [0.29, 0.717) is 0 Å². The molecule has 0 atom stereocenters. The Morgan fingerprint density at radius 3 is 2.33 bits per heavy atom. The minimum Gasteiger partial charge on any atom is -0.258 e. The second-order valence-corrected chi connectivity index (χ2v) is 1.74. The van der Waals surface area contributed by atoms with Crippen molar-refractivity contribution in [3.05, 3.63) is 40.2 Å². The molecule has 0 aliphatic heterocycles. The van der Waals surface area contributed by atoms with Gasteiger partial charge in [-0.15, -0.1) is 0 Å². The first-order chi connectivity index (χ1) is 5.70. The zero-order chi connectivity index (χ0) is 9.56. The molecule has 0 aromatic heterocycles. The molecule has 0 aliphatic rings. The van der Waals surface area contributed by atoms with Crippen molar-refractivity contribution < 1.29 is 9.31 Å². The summed E-state index contributed by atoms with van der Waals surface area (Å²) in [6, 6.07) is 4.57. The van der Waals surface area contributed by atoms with Crippen LogP contribution in [0.5, 0.6) is 0 Å². The van der Waals surface area contributed by atoms with E-state index in [1.54, 1.807) is 0 Å². The van der Waals surface area contributed by atoms with Crippen molar-refractivity contribution in [1.29, 1.82) is 0 Å². The lowest BCUT2D eigenvalue weighted by atomic mass is 10.3. The first-order valence-corrected chi connectivity index (χ1v) is 3.60. The number of nitrogens with zero attached hydrogens (tertiary/aromatic N) is 1. The molecule has 0 bridgehead atoms. The summed E-state index contributed by atoms with van der Waals surface area (Å²) >= 11 is 0. The van der Waals surface area contributed by atoms with Crippen molar-refractivity contribution >= 4 is 5.69 Å². The number of nitro groups is 1. The molecule has 0 saturated heterocycles. The molecule has 66 valence electrons. The maximum Gasteiger partial charge on any atom is 0.272 e. The largest absolute Gasteiger partial charge is 0.272 e. The van der Waals surface area contributed by atoms with Gasteiger partial charge in [-0.3, -0.25) is 10.1 Å². The molecule has 1 aromatic rings. The zero-order valence-corrected chi connectivity index (χ0v) is 6.95. The average Bonchev–Trinajstić information content (AvgIpc) is 2.08. The van der Waals surface area contributed by atoms with Gasteiger partial charge in [0.1, 0.15) is 5.82 Å². The second-order valence-electron chi connectivity index (χ2n) is 1.74. The van der Waals surface area contributed by atoms with Gasteiger partial charge in [0.15, 0.2) is 0 Å². The third-order valence-electron chi connectivity index (χ3n) is 1.02. The number of benzene rings is 1. The predicted octanol–water partition coefficient (Wildman–Crippen LogP) is 2.76. The summed E-state index contributed by atoms with van der Waals surface area (Å²) in [5.74, 6) is -0.589. The van der Waals surface area contributed by atoms with E-state index in [4.69, 9.17) is 0 Å². The Hall–Kier alpha value is -1.45. The van der Waals surface area contributed by atoms with Gasteiger partial charge in [-0.1, -0.05) is 19.9 Å². The van der Waals surface area contributed by atoms with Gasteiger partial charge in [-0.25, -0.2) is 4.39 Å². The maximum absolute atomic E-state index is 12.2. The number of halogens is 1. The Bertz CT molecular complexity index is 263. The van der Waals surface area contributed by atoms with Crippen molar-refractivity contribution in [2.24, 2.45) is 0 Å². The number of rotatable bonds is 1. The second kappa shape index (κ2) is 5.23. The van der Waals surface area contributed by atoms with Gasteiger partial charge in [0.2, 0.25) is 0 Å². The molecule has 0 heterocycles. The van der Waals surface area contributed by atoms with E-state index < -0.39 is 10.7 Å². The highest BCUT2D eigenvalue weighted by Crippen LogP contribution is 2.10. The van der Waals surface area contributed by atoms with Crippen LogP contribution in [0.15, 0.2) is 24.3 Å². The Morgan fingerprint density at radius 1 is 1.42 bits per heavy atom. The molecular weight excluding hydrogens is 161 g/mol. The van der Waals surface area contributed by atoms with Crippen LogP contribution in [-0.2, 0) is 0 Å². The molecule has 0 radical (unpaired) electrons. The predicted molar refractivity (Wildman–Crippen MR) is 44.4 cm³/mol. The fourth-order valence-corrected chi connectivity index (χ4v) is 0.590. The monoisotopic (exact) mass is 171 g/mol. The fourth-order valence-electron chi connectivity index (χ4n) is 0.590. The molecule has 3 nitrogen and oxygen atoms in total. The van der Waals surface area contributed by atoms with Gasteiger partial charge in [0.05, 0.1) is 11.0 Å². The number of nitro benzene ring substituents is 1. The molecule has 0 N–H and O–H groups in total. The van der Waals surface area contributed by atoms with Crippen LogP contribution in [-0.4, -0.2) is 4.92 Å². The molecule has 0 spiro atoms. The van der Waals surface area contributed by atoms with E-state index in [1.807, 2.05) is 13.8 Å². The third-order valence-corrected chi connectivity index (χ3v) is 1.02. The number of non-ortho nitro benzene ring substituents is 1. The van der Waals surface area contributed by atoms with Crippen molar-refractivity contribution in [3.8, 4) is 0 Å². The van der Waals surface area contributed by atoms with E-state index in [-0.39, 0.29) is 5.69 Å². The molecule has 0 fully saturated rings. The van der Waals surface area contributed by atoms with Crippen molar-refractivity contribution in [2.75, 3.05) is 0 Å². The lowest BCUT2D eigenvalue weighted by Crippen LogP contribution is -1.87. The molecule has 0 saturated carbocycles. The lowest BCUT2D eigenvalue weighted by molar-refractivity contribution is -0.385. The van der Waals surface area contributed by atoms with Crippen LogP contribution in [0.1, 0.15) is 13.8 Å². The summed E-state index contributed by atoms with van der Waals surface area (Å²) in [4.78, 5) is 9.36. The molecule has 12 heavy (non-hydrogen) atoms. The SMILES string of the molecule is CC.O=[N+]([O-])c1cccc(F)c1. The summed E-state index contributed by atoms with van der Waals surface area (Å²) in [6.07, 6.45) is 0. The van der Waals surface area contributed by atoms with E-state index in [9.17, 15) is 14.5 Å². The fraction of sp³-hybridized carbons (Fsp3) is 0.250. The lowest BCUT2D eigenvalue weighted by Gasteiger charge is -1.88. The summed E-state index contributed by atoms with van der Waals surface area (Å²) < 4.78 is 12.2. The van der Waals surface area contributed by atoms with Gasteiger partial charge in [0, 0.05) is 6.07 Å². The highest BCUT2D eigenvalue weighted by Gasteiger charge is 2.03. The van der Waals surface area contributed by atoms with Gasteiger partial charge in [-0.2, -0.15) is 0 Å². The Kier molecular flexibility index (Phi) is 4.60. The van der Waals surface area contributed by atoms with E-state index >= 15 is 0 Å². The molecule has 0 amide bonds. The van der Waals surface area contributed by atoms with Crippen LogP contribution in [0.3, 0.4) is 0 Å². The van der Waals surface area contributed by atoms with E-state index in [1.165, 1.54) is 12.1 Å². The van der Waals surface area contributed by atoms with E-state index in [2.05, 4.69) is 0 Å². The van der Waals surface area contributed by atoms with Crippen molar-refractivity contribution in [2.45, 2.75) is 13.8 Å². The number of hydrogen-bond donors (Lipinski definition) is 0. The first kappa shape index (κ1) is 10.6. The number of hydrogen-bond acceptors (Lipinski definition) is 2. The summed E-state index contributed by atoms with van der Waals surface area (Å²) in [5.41, 5.74) is -0.222. The average molecular weight is 171 g/mol. The van der Waals surface area contributed by atoms with Crippen LogP contribution in [0, 0.1) is 15.9 Å². The smallest absolute Gasteiger partial charge is 0.258 e. The van der Waals surface area contributed by atoms with Gasteiger partial charge >= 0.3 is 0 Å². The topological polar surface area (TPSA) is 43.1 Å². The summed E-state index contributed by atoms with van der Waals surface area (Å²) in [7, 11) is 0. The first-order valence-electron chi connectivity index (χ1n) is 3.60. The third kappa shape index (κ3) is 3.09. The minimum atomic E-state index is -0.636. The van der Waals surface area contributed by atoms with Gasteiger partial charge in [-0.05, 0) is 6.07 Å². The van der Waals surface area contributed by atoms with E-state index in [0.717, 1.165) is 12.1 Å². The van der Waals surface area contributed by atoms with Crippen molar-refractivity contribution in [3.63, 3.8) is 0 Å². The molecule has 0 aliphatic carbocycles. The normalized spacial score (nSPS) is 8.25. The molecule has 0 unspecified atom stereocenters. The molecule has 1 aromatic carbocycles.